The number of carbonyl (C=O) groups is 1. The topological polar surface area (TPSA) is 101 Å². The first-order valence-electron chi connectivity index (χ1n) is 14.9. The standard InChI is InChI=1S/C32H37FN4O4S/c33-25-12-14-27(15-13-25)42(40,41)35-28-18-23(32(39)34-26-7-4-2-1-3-5-8-26)11-16-30(28)36-19-22-17-24(21-36)29-9-6-10-31(38)37(29)20-22/h6,9-16,18,22,24,26,35H,1-5,7-8,17,19-21H2,(H,34,39)/t22-,24+/m1/s1. The molecule has 10 heteroatoms. The van der Waals surface area contributed by atoms with Crippen molar-refractivity contribution < 1.29 is 17.6 Å². The minimum absolute atomic E-state index is 0.00283. The highest BCUT2D eigenvalue weighted by molar-refractivity contribution is 7.92. The van der Waals surface area contributed by atoms with Crippen molar-refractivity contribution >= 4 is 27.3 Å². The highest BCUT2D eigenvalue weighted by atomic mass is 32.2. The van der Waals surface area contributed by atoms with Crippen LogP contribution in [0.4, 0.5) is 15.8 Å². The molecule has 1 aromatic heterocycles. The second-order valence-electron chi connectivity index (χ2n) is 11.9. The summed E-state index contributed by atoms with van der Waals surface area (Å²) in [5, 5.41) is 3.17. The third kappa shape index (κ3) is 6.09. The summed E-state index contributed by atoms with van der Waals surface area (Å²) in [6.07, 6.45) is 8.58. The molecule has 0 unspecified atom stereocenters. The molecule has 1 aliphatic carbocycles. The zero-order valence-corrected chi connectivity index (χ0v) is 24.4. The molecule has 3 aliphatic rings. The molecule has 2 atom stereocenters. The summed E-state index contributed by atoms with van der Waals surface area (Å²) < 4.78 is 45.0. The Morgan fingerprint density at radius 3 is 2.38 bits per heavy atom. The number of sulfonamides is 1. The predicted molar refractivity (Wildman–Crippen MR) is 161 cm³/mol. The molecule has 3 aromatic rings. The van der Waals surface area contributed by atoms with Crippen LogP contribution in [0.2, 0.25) is 0 Å². The van der Waals surface area contributed by atoms with E-state index in [1.165, 1.54) is 31.4 Å². The van der Waals surface area contributed by atoms with Crippen LogP contribution in [0.15, 0.2) is 70.4 Å². The Labute approximate surface area is 246 Å². The molecule has 1 saturated carbocycles. The van der Waals surface area contributed by atoms with E-state index in [0.29, 0.717) is 36.6 Å². The van der Waals surface area contributed by atoms with Gasteiger partial charge in [-0.15, -0.1) is 0 Å². The van der Waals surface area contributed by atoms with Crippen LogP contribution in [-0.2, 0) is 16.6 Å². The Hall–Kier alpha value is -3.66. The number of carbonyl (C=O) groups excluding carboxylic acids is 1. The Bertz CT molecular complexity index is 1610. The molecule has 2 aliphatic heterocycles. The van der Waals surface area contributed by atoms with Crippen molar-refractivity contribution in [3.05, 3.63) is 88.1 Å². The summed E-state index contributed by atoms with van der Waals surface area (Å²) in [6.45, 7) is 1.87. The van der Waals surface area contributed by atoms with E-state index in [1.54, 1.807) is 24.3 Å². The van der Waals surface area contributed by atoms with Gasteiger partial charge in [0.1, 0.15) is 5.82 Å². The molecule has 1 saturated heterocycles. The fraction of sp³-hybridized carbons (Fsp3) is 0.438. The van der Waals surface area contributed by atoms with Crippen molar-refractivity contribution in [1.29, 1.82) is 0 Å². The van der Waals surface area contributed by atoms with Gasteiger partial charge in [-0.05, 0) is 73.7 Å². The van der Waals surface area contributed by atoms with Gasteiger partial charge in [-0.2, -0.15) is 0 Å². The van der Waals surface area contributed by atoms with Gasteiger partial charge < -0.3 is 14.8 Å². The van der Waals surface area contributed by atoms with Crippen molar-refractivity contribution in [3.63, 3.8) is 0 Å². The lowest BCUT2D eigenvalue weighted by Gasteiger charge is -2.44. The van der Waals surface area contributed by atoms with Gasteiger partial charge >= 0.3 is 0 Å². The minimum Gasteiger partial charge on any atom is -0.369 e. The number of nitrogens with zero attached hydrogens (tertiary/aromatic N) is 2. The summed E-state index contributed by atoms with van der Waals surface area (Å²) in [6, 6.07) is 15.3. The van der Waals surface area contributed by atoms with Crippen molar-refractivity contribution in [2.45, 2.75) is 74.8 Å². The summed E-state index contributed by atoms with van der Waals surface area (Å²) in [5.74, 6) is -0.407. The Balaban J connectivity index is 1.32. The van der Waals surface area contributed by atoms with E-state index in [0.717, 1.165) is 49.9 Å². The maximum absolute atomic E-state index is 13.5. The number of nitrogens with one attached hydrogen (secondary N) is 2. The number of aromatic nitrogens is 1. The normalized spacial score (nSPS) is 21.1. The zero-order valence-electron chi connectivity index (χ0n) is 23.6. The summed E-state index contributed by atoms with van der Waals surface area (Å²) in [4.78, 5) is 28.0. The van der Waals surface area contributed by atoms with Crippen LogP contribution in [0.1, 0.15) is 73.3 Å². The van der Waals surface area contributed by atoms with Gasteiger partial charge in [-0.3, -0.25) is 14.3 Å². The number of anilines is 2. The maximum Gasteiger partial charge on any atom is 0.261 e. The third-order valence-corrected chi connectivity index (χ3v) is 10.3. The molecule has 8 nitrogen and oxygen atoms in total. The first-order valence-corrected chi connectivity index (χ1v) is 16.4. The van der Waals surface area contributed by atoms with E-state index in [-0.39, 0.29) is 34.2 Å². The molecule has 2 bridgehead atoms. The second-order valence-corrected chi connectivity index (χ2v) is 13.6. The van der Waals surface area contributed by atoms with Gasteiger partial charge in [0.25, 0.3) is 21.5 Å². The average molecular weight is 593 g/mol. The molecule has 0 spiro atoms. The van der Waals surface area contributed by atoms with E-state index < -0.39 is 15.8 Å². The summed E-state index contributed by atoms with van der Waals surface area (Å²) in [7, 11) is -4.06. The van der Waals surface area contributed by atoms with Crippen LogP contribution < -0.4 is 20.5 Å². The smallest absolute Gasteiger partial charge is 0.261 e. The third-order valence-electron chi connectivity index (χ3n) is 8.89. The van der Waals surface area contributed by atoms with Crippen molar-refractivity contribution in [1.82, 2.24) is 9.88 Å². The average Bonchev–Trinajstić information content (AvgIpc) is 2.95. The lowest BCUT2D eigenvalue weighted by atomic mass is 9.83. The van der Waals surface area contributed by atoms with Gasteiger partial charge in [0.2, 0.25) is 0 Å². The molecule has 6 rings (SSSR count). The SMILES string of the molecule is O=C(NC1CCCCCCC1)c1ccc(N2C[C@H]3C[C@@H](C2)c2cccc(=O)n2C3)c(NS(=O)(=O)c2ccc(F)cc2)c1. The number of piperidine rings is 1. The quantitative estimate of drug-likeness (QED) is 0.407. The minimum atomic E-state index is -4.06. The Kier molecular flexibility index (Phi) is 8.07. The highest BCUT2D eigenvalue weighted by Gasteiger charge is 2.35. The van der Waals surface area contributed by atoms with Crippen molar-refractivity contribution in [2.75, 3.05) is 22.7 Å². The van der Waals surface area contributed by atoms with Gasteiger partial charge in [-0.25, -0.2) is 12.8 Å². The molecule has 222 valence electrons. The van der Waals surface area contributed by atoms with Crippen LogP contribution in [0.5, 0.6) is 0 Å². The van der Waals surface area contributed by atoms with E-state index in [9.17, 15) is 22.4 Å². The molecule has 2 N–H and O–H groups in total. The second kappa shape index (κ2) is 11.9. The number of hydrogen-bond donors (Lipinski definition) is 2. The maximum atomic E-state index is 13.5. The number of benzene rings is 2. The number of pyridine rings is 1. The predicted octanol–water partition coefficient (Wildman–Crippen LogP) is 5.25. The number of halogens is 1. The van der Waals surface area contributed by atoms with E-state index >= 15 is 0 Å². The zero-order chi connectivity index (χ0) is 29.3. The first kappa shape index (κ1) is 28.5. The molecule has 42 heavy (non-hydrogen) atoms. The van der Waals surface area contributed by atoms with Gasteiger partial charge in [0, 0.05) is 48.9 Å². The van der Waals surface area contributed by atoms with Gasteiger partial charge in [0.15, 0.2) is 0 Å². The molecular weight excluding hydrogens is 555 g/mol. The van der Waals surface area contributed by atoms with Crippen LogP contribution >= 0.6 is 0 Å². The molecule has 2 aromatic carbocycles. The lowest BCUT2D eigenvalue weighted by molar-refractivity contribution is 0.0930. The molecule has 1 amide bonds. The first-order chi connectivity index (χ1) is 20.3. The van der Waals surface area contributed by atoms with Gasteiger partial charge in [0.05, 0.1) is 16.3 Å². The molecular formula is C32H37FN4O4S. The molecule has 3 heterocycles. The van der Waals surface area contributed by atoms with E-state index in [2.05, 4.69) is 14.9 Å². The number of hydrogen-bond acceptors (Lipinski definition) is 5. The fourth-order valence-electron chi connectivity index (χ4n) is 6.81. The van der Waals surface area contributed by atoms with Crippen LogP contribution in [-0.4, -0.2) is 38.0 Å². The Morgan fingerprint density at radius 2 is 1.62 bits per heavy atom. The number of rotatable bonds is 6. The van der Waals surface area contributed by atoms with Crippen LogP contribution in [0.25, 0.3) is 0 Å². The van der Waals surface area contributed by atoms with E-state index in [4.69, 9.17) is 0 Å². The Morgan fingerprint density at radius 1 is 0.881 bits per heavy atom. The summed E-state index contributed by atoms with van der Waals surface area (Å²) in [5.41, 5.74) is 2.35. The van der Waals surface area contributed by atoms with Crippen LogP contribution in [0, 0.1) is 11.7 Å². The monoisotopic (exact) mass is 592 g/mol. The van der Waals surface area contributed by atoms with E-state index in [1.807, 2.05) is 16.7 Å². The van der Waals surface area contributed by atoms with Crippen LogP contribution in [0.3, 0.4) is 0 Å². The largest absolute Gasteiger partial charge is 0.369 e. The van der Waals surface area contributed by atoms with Crippen molar-refractivity contribution in [3.8, 4) is 0 Å². The van der Waals surface area contributed by atoms with Crippen molar-refractivity contribution in [2.24, 2.45) is 5.92 Å². The highest BCUT2D eigenvalue weighted by Crippen LogP contribution is 2.40. The summed E-state index contributed by atoms with van der Waals surface area (Å²) >= 11 is 0. The fourth-order valence-corrected chi connectivity index (χ4v) is 7.88. The number of amides is 1. The molecule has 0 radical (unpaired) electrons. The molecule has 2 fully saturated rings. The lowest BCUT2D eigenvalue weighted by Crippen LogP contribution is -2.47. The number of fused-ring (bicyclic) bond motifs is 4. The van der Waals surface area contributed by atoms with Gasteiger partial charge in [-0.1, -0.05) is 38.2 Å².